The zero-order valence-electron chi connectivity index (χ0n) is 41.8. The summed E-state index contributed by atoms with van der Waals surface area (Å²) < 4.78 is 66.4. The Morgan fingerprint density at radius 2 is 0.612 bits per heavy atom. The average molecular weight is 1000 g/mol. The Bertz CT molecular complexity index is 1340. The molecule has 396 valence electrons. The van der Waals surface area contributed by atoms with Gasteiger partial charge in [0, 0.05) is 25.7 Å². The Morgan fingerprint density at radius 3 is 0.940 bits per heavy atom. The maximum absolute atomic E-state index is 12.7. The molecule has 0 fully saturated rings. The highest BCUT2D eigenvalue weighted by molar-refractivity contribution is 7.47. The minimum Gasteiger partial charge on any atom is -0.462 e. The second-order valence-electron chi connectivity index (χ2n) is 17.5. The molecule has 0 bridgehead atoms. The van der Waals surface area contributed by atoms with Crippen molar-refractivity contribution in [2.75, 3.05) is 39.6 Å². The highest BCUT2D eigenvalue weighted by Crippen LogP contribution is 2.45. The van der Waals surface area contributed by atoms with Gasteiger partial charge in [-0.15, -0.1) is 0 Å². The molecular weight excluding hydrogens is 910 g/mol. The highest BCUT2D eigenvalue weighted by Gasteiger charge is 2.30. The number of aliphatic hydroxyl groups excluding tert-OH is 1. The summed E-state index contributed by atoms with van der Waals surface area (Å²) in [6.07, 6.45) is 24.5. The summed E-state index contributed by atoms with van der Waals surface area (Å²) in [7, 11) is -9.82. The molecular formula is C48H92O17P2. The van der Waals surface area contributed by atoms with Gasteiger partial charge in [0.05, 0.1) is 26.4 Å². The Labute approximate surface area is 403 Å². The molecule has 0 rings (SSSR count). The second kappa shape index (κ2) is 44.0. The van der Waals surface area contributed by atoms with E-state index in [2.05, 4.69) is 13.8 Å². The SMILES string of the molecule is CCCCCCCCCCCCCCCCCC(=O)O[C@H](COC(=O)CCCCCC)COP(=O)(O)OC[C@H](O)COP(=O)(O)OC[C@@H](COC(=O)CCCC)OC(=O)CCCCCCCC. The molecule has 0 heterocycles. The summed E-state index contributed by atoms with van der Waals surface area (Å²) in [6.45, 7) is 4.32. The quantitative estimate of drug-likeness (QED) is 0.0222. The van der Waals surface area contributed by atoms with E-state index < -0.39 is 97.5 Å². The number of hydrogen-bond acceptors (Lipinski definition) is 15. The number of unbranched alkanes of at least 4 members (excludes halogenated alkanes) is 23. The molecule has 19 heteroatoms. The van der Waals surface area contributed by atoms with Crippen LogP contribution in [0, 0.1) is 0 Å². The van der Waals surface area contributed by atoms with Gasteiger partial charge in [-0.25, -0.2) is 9.13 Å². The topological polar surface area (TPSA) is 237 Å². The number of hydrogen-bond donors (Lipinski definition) is 3. The van der Waals surface area contributed by atoms with Crippen LogP contribution in [0.2, 0.25) is 0 Å². The van der Waals surface area contributed by atoms with E-state index >= 15 is 0 Å². The largest absolute Gasteiger partial charge is 0.472 e. The van der Waals surface area contributed by atoms with Crippen molar-refractivity contribution in [1.29, 1.82) is 0 Å². The molecule has 0 saturated heterocycles. The fourth-order valence-corrected chi connectivity index (χ4v) is 8.36. The van der Waals surface area contributed by atoms with Crippen molar-refractivity contribution in [3.8, 4) is 0 Å². The van der Waals surface area contributed by atoms with E-state index in [-0.39, 0.29) is 25.7 Å². The van der Waals surface area contributed by atoms with Crippen molar-refractivity contribution in [2.24, 2.45) is 0 Å². The third kappa shape index (κ3) is 43.8. The smallest absolute Gasteiger partial charge is 0.462 e. The first kappa shape index (κ1) is 65.1. The number of rotatable bonds is 49. The van der Waals surface area contributed by atoms with Crippen LogP contribution in [-0.2, 0) is 65.4 Å². The van der Waals surface area contributed by atoms with E-state index in [1.807, 2.05) is 13.8 Å². The molecule has 0 aliphatic rings. The molecule has 3 N–H and O–H groups in total. The summed E-state index contributed by atoms with van der Waals surface area (Å²) in [5.74, 6) is -2.22. The van der Waals surface area contributed by atoms with Crippen molar-refractivity contribution in [3.63, 3.8) is 0 Å². The minimum absolute atomic E-state index is 0.0996. The normalized spacial score (nSPS) is 14.7. The van der Waals surface area contributed by atoms with Crippen LogP contribution in [0.3, 0.4) is 0 Å². The lowest BCUT2D eigenvalue weighted by Crippen LogP contribution is -2.30. The molecule has 0 aromatic carbocycles. The predicted molar refractivity (Wildman–Crippen MR) is 257 cm³/mol. The van der Waals surface area contributed by atoms with Gasteiger partial charge >= 0.3 is 39.5 Å². The van der Waals surface area contributed by atoms with Crippen LogP contribution in [-0.4, -0.2) is 96.7 Å². The van der Waals surface area contributed by atoms with Crippen molar-refractivity contribution in [2.45, 2.75) is 245 Å². The third-order valence-corrected chi connectivity index (χ3v) is 12.8. The van der Waals surface area contributed by atoms with Gasteiger partial charge in [-0.3, -0.25) is 37.3 Å². The second-order valence-corrected chi connectivity index (χ2v) is 20.4. The molecule has 17 nitrogen and oxygen atoms in total. The molecule has 67 heavy (non-hydrogen) atoms. The molecule has 0 radical (unpaired) electrons. The van der Waals surface area contributed by atoms with Crippen LogP contribution < -0.4 is 0 Å². The van der Waals surface area contributed by atoms with Crippen LogP contribution in [0.1, 0.15) is 227 Å². The van der Waals surface area contributed by atoms with Crippen LogP contribution in [0.5, 0.6) is 0 Å². The van der Waals surface area contributed by atoms with Crippen LogP contribution in [0.4, 0.5) is 0 Å². The zero-order chi connectivity index (χ0) is 49.9. The number of esters is 4. The lowest BCUT2D eigenvalue weighted by molar-refractivity contribution is -0.161. The minimum atomic E-state index is -4.91. The predicted octanol–water partition coefficient (Wildman–Crippen LogP) is 11.7. The van der Waals surface area contributed by atoms with Crippen LogP contribution >= 0.6 is 15.6 Å². The number of carbonyl (C=O) groups is 4. The van der Waals surface area contributed by atoms with Crippen molar-refractivity contribution in [1.82, 2.24) is 0 Å². The van der Waals surface area contributed by atoms with Crippen LogP contribution in [0.15, 0.2) is 0 Å². The molecule has 0 amide bonds. The summed E-state index contributed by atoms with van der Waals surface area (Å²) in [6, 6.07) is 0. The summed E-state index contributed by atoms with van der Waals surface area (Å²) in [4.78, 5) is 70.3. The van der Waals surface area contributed by atoms with Gasteiger partial charge in [0.1, 0.15) is 19.3 Å². The zero-order valence-corrected chi connectivity index (χ0v) is 43.6. The Kier molecular flexibility index (Phi) is 42.8. The van der Waals surface area contributed by atoms with Gasteiger partial charge in [0.25, 0.3) is 0 Å². The van der Waals surface area contributed by atoms with Crippen molar-refractivity contribution in [3.05, 3.63) is 0 Å². The van der Waals surface area contributed by atoms with E-state index in [1.54, 1.807) is 0 Å². The molecule has 2 unspecified atom stereocenters. The number of phosphoric acid groups is 2. The van der Waals surface area contributed by atoms with Gasteiger partial charge < -0.3 is 33.8 Å². The van der Waals surface area contributed by atoms with E-state index in [0.29, 0.717) is 25.7 Å². The van der Waals surface area contributed by atoms with E-state index in [4.69, 9.17) is 37.0 Å². The molecule has 0 aromatic heterocycles. The third-order valence-electron chi connectivity index (χ3n) is 10.9. The average Bonchev–Trinajstić information content (AvgIpc) is 3.30. The summed E-state index contributed by atoms with van der Waals surface area (Å²) in [5.41, 5.74) is 0. The maximum Gasteiger partial charge on any atom is 0.472 e. The first-order chi connectivity index (χ1) is 32.2. The van der Waals surface area contributed by atoms with E-state index in [9.17, 15) is 43.2 Å². The molecule has 0 saturated carbocycles. The van der Waals surface area contributed by atoms with E-state index in [0.717, 1.165) is 83.5 Å². The lowest BCUT2D eigenvalue weighted by atomic mass is 10.0. The fraction of sp³-hybridized carbons (Fsp3) is 0.917. The van der Waals surface area contributed by atoms with E-state index in [1.165, 1.54) is 64.2 Å². The standard InChI is InChI=1S/C48H92O17P2/c1-5-9-13-16-18-19-20-21-22-23-24-25-26-28-31-35-48(53)65-44(39-59-46(51)33-29-15-11-7-3)41-63-67(56,57)61-37-42(49)36-60-66(54,55)62-40-43(38-58-45(50)32-12-8-4)64-47(52)34-30-27-17-14-10-6-2/h42-44,49H,5-41H2,1-4H3,(H,54,55)(H,56,57)/t42-,43-,44-/m1/s1. The fourth-order valence-electron chi connectivity index (χ4n) is 6.78. The van der Waals surface area contributed by atoms with Gasteiger partial charge in [-0.05, 0) is 25.7 Å². The first-order valence-corrected chi connectivity index (χ1v) is 28.8. The van der Waals surface area contributed by atoms with Gasteiger partial charge in [-0.1, -0.05) is 175 Å². The molecule has 0 aliphatic heterocycles. The monoisotopic (exact) mass is 1000 g/mol. The number of ether oxygens (including phenoxy) is 4. The van der Waals surface area contributed by atoms with Gasteiger partial charge in [0.2, 0.25) is 0 Å². The van der Waals surface area contributed by atoms with Crippen molar-refractivity contribution >= 4 is 39.5 Å². The van der Waals surface area contributed by atoms with Gasteiger partial charge in [0.15, 0.2) is 12.2 Å². The number of aliphatic hydroxyl groups is 1. The number of phosphoric ester groups is 2. The Balaban J connectivity index is 4.95. The molecule has 5 atom stereocenters. The highest BCUT2D eigenvalue weighted by atomic mass is 31.2. The molecule has 0 spiro atoms. The summed E-state index contributed by atoms with van der Waals surface area (Å²) >= 11 is 0. The summed E-state index contributed by atoms with van der Waals surface area (Å²) in [5, 5.41) is 10.3. The first-order valence-electron chi connectivity index (χ1n) is 25.8. The van der Waals surface area contributed by atoms with Crippen molar-refractivity contribution < 1.29 is 80.2 Å². The molecule has 0 aliphatic carbocycles. The molecule has 0 aromatic rings. The van der Waals surface area contributed by atoms with Crippen LogP contribution in [0.25, 0.3) is 0 Å². The lowest BCUT2D eigenvalue weighted by Gasteiger charge is -2.21. The Hall–Kier alpha value is -1.94. The Morgan fingerprint density at radius 1 is 0.358 bits per heavy atom. The maximum atomic E-state index is 12.7. The van der Waals surface area contributed by atoms with Gasteiger partial charge in [-0.2, -0.15) is 0 Å². The number of carbonyl (C=O) groups excluding carboxylic acids is 4.